The van der Waals surface area contributed by atoms with E-state index in [1.165, 1.54) is 18.4 Å². The Morgan fingerprint density at radius 3 is 2.85 bits per heavy atom. The Balaban J connectivity index is 1.55. The van der Waals surface area contributed by atoms with Gasteiger partial charge in [-0.3, -0.25) is 4.90 Å². The number of nitrogens with zero attached hydrogens (tertiary/aromatic N) is 5. The lowest BCUT2D eigenvalue weighted by atomic mass is 10.2. The van der Waals surface area contributed by atoms with Crippen molar-refractivity contribution >= 4 is 5.96 Å². The second-order valence-corrected chi connectivity index (χ2v) is 6.86. The van der Waals surface area contributed by atoms with Crippen molar-refractivity contribution in [3.63, 3.8) is 0 Å². The first-order valence-corrected chi connectivity index (χ1v) is 9.97. The second-order valence-electron chi connectivity index (χ2n) is 6.86. The number of hydrogen-bond donors (Lipinski definition) is 2. The number of hydrogen-bond acceptors (Lipinski definition) is 4. The predicted octanol–water partition coefficient (Wildman–Crippen LogP) is 2.02. The Labute approximate surface area is 161 Å². The van der Waals surface area contributed by atoms with Crippen LogP contribution in [0.1, 0.15) is 38.1 Å². The maximum atomic E-state index is 4.69. The molecule has 1 aromatic heterocycles. The monoisotopic (exact) mass is 369 g/mol. The Hall–Kier alpha value is -2.41. The van der Waals surface area contributed by atoms with E-state index in [9.17, 15) is 0 Å². The molecule has 7 heteroatoms. The molecule has 0 radical (unpaired) electrons. The molecule has 27 heavy (non-hydrogen) atoms. The van der Waals surface area contributed by atoms with Crippen LogP contribution in [0.3, 0.4) is 0 Å². The van der Waals surface area contributed by atoms with Gasteiger partial charge < -0.3 is 15.2 Å². The molecule has 0 spiro atoms. The highest BCUT2D eigenvalue weighted by Gasteiger charge is 2.24. The van der Waals surface area contributed by atoms with E-state index in [0.29, 0.717) is 12.6 Å². The number of aryl methyl sites for hydroxylation is 1. The van der Waals surface area contributed by atoms with Crippen LogP contribution in [-0.4, -0.2) is 51.3 Å². The van der Waals surface area contributed by atoms with Gasteiger partial charge in [0.1, 0.15) is 12.9 Å². The SMILES string of the molecule is CCNC(=NCc1nncn1CC)NCC1CCCN1Cc1ccccc1. The summed E-state index contributed by atoms with van der Waals surface area (Å²) in [7, 11) is 0. The van der Waals surface area contributed by atoms with Crippen LogP contribution >= 0.6 is 0 Å². The van der Waals surface area contributed by atoms with Crippen molar-refractivity contribution in [2.75, 3.05) is 19.6 Å². The fourth-order valence-corrected chi connectivity index (χ4v) is 3.52. The van der Waals surface area contributed by atoms with E-state index < -0.39 is 0 Å². The van der Waals surface area contributed by atoms with Crippen LogP contribution in [0.15, 0.2) is 41.7 Å². The molecule has 1 aliphatic rings. The van der Waals surface area contributed by atoms with Crippen LogP contribution in [0.4, 0.5) is 0 Å². The van der Waals surface area contributed by atoms with Crippen LogP contribution in [0.5, 0.6) is 0 Å². The Kier molecular flexibility index (Phi) is 7.21. The fraction of sp³-hybridized carbons (Fsp3) is 0.550. The first-order valence-electron chi connectivity index (χ1n) is 9.97. The van der Waals surface area contributed by atoms with E-state index in [1.807, 2.05) is 4.57 Å². The van der Waals surface area contributed by atoms with Gasteiger partial charge >= 0.3 is 0 Å². The van der Waals surface area contributed by atoms with Gasteiger partial charge in [-0.25, -0.2) is 4.99 Å². The van der Waals surface area contributed by atoms with Crippen molar-refractivity contribution in [1.82, 2.24) is 30.3 Å². The maximum absolute atomic E-state index is 4.69. The summed E-state index contributed by atoms with van der Waals surface area (Å²) in [6.45, 7) is 9.48. The van der Waals surface area contributed by atoms with Gasteiger partial charge in [-0.05, 0) is 38.8 Å². The zero-order valence-electron chi connectivity index (χ0n) is 16.4. The third-order valence-electron chi connectivity index (χ3n) is 4.99. The zero-order chi connectivity index (χ0) is 18.9. The predicted molar refractivity (Wildman–Crippen MR) is 108 cm³/mol. The van der Waals surface area contributed by atoms with E-state index in [0.717, 1.165) is 44.5 Å². The molecule has 146 valence electrons. The maximum Gasteiger partial charge on any atom is 0.191 e. The van der Waals surface area contributed by atoms with Gasteiger partial charge in [0.15, 0.2) is 11.8 Å². The number of rotatable bonds is 8. The third kappa shape index (κ3) is 5.53. The molecule has 1 fully saturated rings. The first kappa shape index (κ1) is 19.4. The standard InChI is InChI=1S/C20H31N7/c1-3-21-20(23-14-19-25-24-16-26(19)4-2)22-13-18-11-8-12-27(18)15-17-9-6-5-7-10-17/h5-7,9-10,16,18H,3-4,8,11-15H2,1-2H3,(H2,21,22,23). The van der Waals surface area contributed by atoms with Crippen molar-refractivity contribution in [2.45, 2.75) is 52.4 Å². The number of benzene rings is 1. The molecule has 0 saturated carbocycles. The van der Waals surface area contributed by atoms with Crippen molar-refractivity contribution in [1.29, 1.82) is 0 Å². The van der Waals surface area contributed by atoms with Gasteiger partial charge in [-0.2, -0.15) is 0 Å². The molecule has 2 heterocycles. The van der Waals surface area contributed by atoms with Crippen molar-refractivity contribution in [3.8, 4) is 0 Å². The highest BCUT2D eigenvalue weighted by molar-refractivity contribution is 5.79. The molecule has 0 amide bonds. The fourth-order valence-electron chi connectivity index (χ4n) is 3.52. The summed E-state index contributed by atoms with van der Waals surface area (Å²) in [6, 6.07) is 11.3. The molecule has 1 unspecified atom stereocenters. The minimum absolute atomic E-state index is 0.529. The van der Waals surface area contributed by atoms with Gasteiger partial charge in [0.25, 0.3) is 0 Å². The molecule has 0 bridgehead atoms. The minimum atomic E-state index is 0.529. The molecule has 0 aliphatic carbocycles. The van der Waals surface area contributed by atoms with Crippen molar-refractivity contribution in [3.05, 3.63) is 48.0 Å². The zero-order valence-corrected chi connectivity index (χ0v) is 16.4. The lowest BCUT2D eigenvalue weighted by Gasteiger charge is -2.25. The summed E-state index contributed by atoms with van der Waals surface area (Å²) in [5.74, 6) is 1.73. The average Bonchev–Trinajstić information content (AvgIpc) is 3.33. The van der Waals surface area contributed by atoms with Crippen LogP contribution in [0.25, 0.3) is 0 Å². The lowest BCUT2D eigenvalue weighted by molar-refractivity contribution is 0.245. The second kappa shape index (κ2) is 10.1. The Morgan fingerprint density at radius 1 is 1.22 bits per heavy atom. The molecule has 2 N–H and O–H groups in total. The van der Waals surface area contributed by atoms with Crippen LogP contribution in [-0.2, 0) is 19.6 Å². The first-order chi connectivity index (χ1) is 13.3. The molecule has 3 rings (SSSR count). The number of aromatic nitrogens is 3. The summed E-state index contributed by atoms with van der Waals surface area (Å²) in [5, 5.41) is 15.0. The van der Waals surface area contributed by atoms with E-state index in [1.54, 1.807) is 6.33 Å². The lowest BCUT2D eigenvalue weighted by Crippen LogP contribution is -2.44. The largest absolute Gasteiger partial charge is 0.357 e. The molecule has 1 aromatic carbocycles. The molecule has 2 aromatic rings. The summed E-state index contributed by atoms with van der Waals surface area (Å²) in [5.41, 5.74) is 1.38. The third-order valence-corrected chi connectivity index (χ3v) is 4.99. The van der Waals surface area contributed by atoms with Crippen LogP contribution in [0, 0.1) is 0 Å². The van der Waals surface area contributed by atoms with Gasteiger partial charge in [-0.1, -0.05) is 30.3 Å². The van der Waals surface area contributed by atoms with E-state index in [-0.39, 0.29) is 0 Å². The van der Waals surface area contributed by atoms with Gasteiger partial charge in [0.2, 0.25) is 0 Å². The molecular formula is C20H31N7. The number of nitrogens with one attached hydrogen (secondary N) is 2. The highest BCUT2D eigenvalue weighted by atomic mass is 15.3. The summed E-state index contributed by atoms with van der Waals surface area (Å²) < 4.78 is 2.02. The normalized spacial score (nSPS) is 18.0. The van der Waals surface area contributed by atoms with Gasteiger partial charge in [0, 0.05) is 32.2 Å². The molecule has 7 nitrogen and oxygen atoms in total. The molecule has 1 saturated heterocycles. The smallest absolute Gasteiger partial charge is 0.191 e. The van der Waals surface area contributed by atoms with E-state index >= 15 is 0 Å². The van der Waals surface area contributed by atoms with Crippen LogP contribution in [0.2, 0.25) is 0 Å². The molecule has 1 atom stereocenters. The average molecular weight is 370 g/mol. The van der Waals surface area contributed by atoms with Gasteiger partial charge in [-0.15, -0.1) is 10.2 Å². The summed E-state index contributed by atoms with van der Waals surface area (Å²) in [4.78, 5) is 7.26. The topological polar surface area (TPSA) is 70.4 Å². The number of guanidine groups is 1. The minimum Gasteiger partial charge on any atom is -0.357 e. The number of aliphatic imine (C=N–C) groups is 1. The van der Waals surface area contributed by atoms with Crippen molar-refractivity contribution < 1.29 is 0 Å². The summed E-state index contributed by atoms with van der Waals surface area (Å²) in [6.07, 6.45) is 4.24. The van der Waals surface area contributed by atoms with E-state index in [4.69, 9.17) is 0 Å². The number of likely N-dealkylation sites (tertiary alicyclic amines) is 1. The molecule has 1 aliphatic heterocycles. The molecular weight excluding hydrogens is 338 g/mol. The summed E-state index contributed by atoms with van der Waals surface area (Å²) >= 11 is 0. The Bertz CT molecular complexity index is 710. The van der Waals surface area contributed by atoms with Crippen molar-refractivity contribution in [2.24, 2.45) is 4.99 Å². The van der Waals surface area contributed by atoms with Crippen LogP contribution < -0.4 is 10.6 Å². The quantitative estimate of drug-likeness (QED) is 0.550. The van der Waals surface area contributed by atoms with Gasteiger partial charge in [0.05, 0.1) is 0 Å². The highest BCUT2D eigenvalue weighted by Crippen LogP contribution is 2.19. The Morgan fingerprint density at radius 2 is 2.07 bits per heavy atom. The van der Waals surface area contributed by atoms with E-state index in [2.05, 4.69) is 74.9 Å².